The van der Waals surface area contributed by atoms with E-state index in [9.17, 15) is 9.18 Å². The normalized spacial score (nSPS) is 16.6. The highest BCUT2D eigenvalue weighted by Gasteiger charge is 2.35. The van der Waals surface area contributed by atoms with E-state index in [1.54, 1.807) is 18.2 Å². The van der Waals surface area contributed by atoms with Crippen molar-refractivity contribution in [1.29, 1.82) is 0 Å². The fourth-order valence-corrected chi connectivity index (χ4v) is 5.11. The fourth-order valence-electron chi connectivity index (χ4n) is 5.11. The molecular weight excluding hydrogens is 487 g/mol. The van der Waals surface area contributed by atoms with Crippen molar-refractivity contribution in [3.05, 3.63) is 81.7 Å². The van der Waals surface area contributed by atoms with Crippen LogP contribution >= 0.6 is 0 Å². The lowest BCUT2D eigenvalue weighted by Gasteiger charge is -2.35. The van der Waals surface area contributed by atoms with Gasteiger partial charge in [0.2, 0.25) is 6.79 Å². The fraction of sp³-hybridized carbons (Fsp3) is 0.357. The predicted octanol–water partition coefficient (Wildman–Crippen LogP) is 4.41. The molecule has 0 aliphatic carbocycles. The van der Waals surface area contributed by atoms with Gasteiger partial charge in [-0.25, -0.2) is 9.07 Å². The lowest BCUT2D eigenvalue weighted by molar-refractivity contribution is 0.174. The highest BCUT2D eigenvalue weighted by atomic mass is 19.1. The van der Waals surface area contributed by atoms with E-state index in [-0.39, 0.29) is 23.7 Å². The van der Waals surface area contributed by atoms with Crippen molar-refractivity contribution in [2.75, 3.05) is 19.9 Å². The number of aromatic amines is 1. The maximum Gasteiger partial charge on any atom is 0.253 e. The molecule has 38 heavy (non-hydrogen) atoms. The van der Waals surface area contributed by atoms with E-state index >= 15 is 0 Å². The van der Waals surface area contributed by atoms with Gasteiger partial charge >= 0.3 is 0 Å². The number of pyridine rings is 1. The van der Waals surface area contributed by atoms with Crippen LogP contribution in [0.3, 0.4) is 0 Å². The van der Waals surface area contributed by atoms with Gasteiger partial charge in [-0.1, -0.05) is 25.1 Å². The summed E-state index contributed by atoms with van der Waals surface area (Å²) in [4.78, 5) is 18.8. The summed E-state index contributed by atoms with van der Waals surface area (Å²) < 4.78 is 26.3. The quantitative estimate of drug-likeness (QED) is 0.405. The number of halogens is 1. The number of aromatic nitrogens is 5. The van der Waals surface area contributed by atoms with Crippen LogP contribution in [0.1, 0.15) is 56.6 Å². The van der Waals surface area contributed by atoms with Crippen LogP contribution in [0.5, 0.6) is 11.5 Å². The maximum absolute atomic E-state index is 13.6. The maximum atomic E-state index is 13.6. The molecule has 0 radical (unpaired) electrons. The highest BCUT2D eigenvalue weighted by Crippen LogP contribution is 2.37. The van der Waals surface area contributed by atoms with Crippen molar-refractivity contribution in [3.63, 3.8) is 0 Å². The van der Waals surface area contributed by atoms with Crippen molar-refractivity contribution in [2.45, 2.75) is 45.2 Å². The Balaban J connectivity index is 1.45. The van der Waals surface area contributed by atoms with Crippen LogP contribution in [0.2, 0.25) is 0 Å². The summed E-state index contributed by atoms with van der Waals surface area (Å²) in [5.41, 5.74) is 2.81. The van der Waals surface area contributed by atoms with Gasteiger partial charge in [0.15, 0.2) is 17.3 Å². The Bertz CT molecular complexity index is 1590. The zero-order chi connectivity index (χ0) is 26.4. The molecule has 0 saturated heterocycles. The minimum atomic E-state index is -0.486. The molecule has 4 aromatic rings. The van der Waals surface area contributed by atoms with Crippen molar-refractivity contribution in [1.82, 2.24) is 30.1 Å². The first-order valence-electron chi connectivity index (χ1n) is 12.8. The van der Waals surface area contributed by atoms with Gasteiger partial charge in [0.25, 0.3) is 5.56 Å². The van der Waals surface area contributed by atoms with Crippen LogP contribution in [0, 0.1) is 5.82 Å². The summed E-state index contributed by atoms with van der Waals surface area (Å²) >= 11 is 0. The molecule has 2 aliphatic heterocycles. The Labute approximate surface area is 218 Å². The first-order valence-corrected chi connectivity index (χ1v) is 12.8. The number of tetrazole rings is 1. The molecule has 4 heterocycles. The first kappa shape index (κ1) is 24.3. The zero-order valence-corrected chi connectivity index (χ0v) is 21.6. The van der Waals surface area contributed by atoms with E-state index in [0.29, 0.717) is 41.5 Å². The van der Waals surface area contributed by atoms with Crippen LogP contribution in [0.15, 0.2) is 53.3 Å². The Morgan fingerprint density at radius 2 is 1.89 bits per heavy atom. The van der Waals surface area contributed by atoms with E-state index in [2.05, 4.69) is 52.3 Å². The Morgan fingerprint density at radius 1 is 1.13 bits per heavy atom. The van der Waals surface area contributed by atoms with Gasteiger partial charge < -0.3 is 14.5 Å². The molecule has 0 saturated carbocycles. The molecule has 0 fully saturated rings. The largest absolute Gasteiger partial charge is 0.454 e. The average molecular weight is 517 g/mol. The monoisotopic (exact) mass is 516 g/mol. The van der Waals surface area contributed by atoms with Gasteiger partial charge in [0.05, 0.1) is 11.1 Å². The van der Waals surface area contributed by atoms with Crippen LogP contribution in [0.25, 0.3) is 16.5 Å². The SMILES string of the molecule is CCC(C)(C)n1nnnc1C(c1cc2cc3c(cc2[nH]c1=O)OCO3)N1CC=C(c2ccc(F)cc2)CC1. The van der Waals surface area contributed by atoms with Gasteiger partial charge in [-0.15, -0.1) is 5.10 Å². The van der Waals surface area contributed by atoms with Crippen LogP contribution in [0.4, 0.5) is 4.39 Å². The van der Waals surface area contributed by atoms with Crippen LogP contribution in [-0.4, -0.2) is 50.0 Å². The number of fused-ring (bicyclic) bond motifs is 2. The minimum Gasteiger partial charge on any atom is -0.454 e. The third-order valence-corrected chi connectivity index (χ3v) is 7.66. The van der Waals surface area contributed by atoms with E-state index in [4.69, 9.17) is 9.47 Å². The highest BCUT2D eigenvalue weighted by molar-refractivity contribution is 5.83. The molecule has 10 heteroatoms. The Morgan fingerprint density at radius 3 is 2.61 bits per heavy atom. The van der Waals surface area contributed by atoms with Crippen molar-refractivity contribution < 1.29 is 13.9 Å². The summed E-state index contributed by atoms with van der Waals surface area (Å²) in [5.74, 6) is 1.62. The van der Waals surface area contributed by atoms with Gasteiger partial charge in [-0.05, 0) is 72.5 Å². The lowest BCUT2D eigenvalue weighted by atomic mass is 9.95. The molecule has 6 rings (SSSR count). The number of ether oxygens (including phenoxy) is 2. The summed E-state index contributed by atoms with van der Waals surface area (Å²) in [5, 5.41) is 13.6. The molecule has 0 spiro atoms. The number of hydrogen-bond acceptors (Lipinski definition) is 7. The molecule has 1 unspecified atom stereocenters. The lowest BCUT2D eigenvalue weighted by Crippen LogP contribution is -2.40. The summed E-state index contributed by atoms with van der Waals surface area (Å²) in [7, 11) is 0. The number of rotatable bonds is 6. The van der Waals surface area contributed by atoms with Crippen molar-refractivity contribution >= 4 is 16.5 Å². The molecule has 2 aromatic carbocycles. The number of nitrogens with one attached hydrogen (secondary N) is 1. The standard InChI is InChI=1S/C28H29FN6O3/c1-4-28(2,3)35-26(31-32-33-35)25(34-11-9-18(10-12-34)17-5-7-20(29)8-6-17)21-13-19-14-23-24(38-16-37-23)15-22(19)30-27(21)36/h5-9,13-15,25H,4,10-12,16H2,1-3H3,(H,30,36). The Kier molecular flexibility index (Phi) is 5.98. The molecule has 1 N–H and O–H groups in total. The molecule has 0 bridgehead atoms. The number of hydrogen-bond donors (Lipinski definition) is 1. The molecule has 2 aliphatic rings. The molecule has 1 atom stereocenters. The van der Waals surface area contributed by atoms with E-state index < -0.39 is 6.04 Å². The second kappa shape index (κ2) is 9.36. The van der Waals surface area contributed by atoms with E-state index in [1.165, 1.54) is 12.1 Å². The molecular formula is C28H29FN6O3. The van der Waals surface area contributed by atoms with Crippen LogP contribution < -0.4 is 15.0 Å². The van der Waals surface area contributed by atoms with Gasteiger partial charge in [0.1, 0.15) is 11.9 Å². The first-order chi connectivity index (χ1) is 18.3. The van der Waals surface area contributed by atoms with E-state index in [0.717, 1.165) is 29.4 Å². The van der Waals surface area contributed by atoms with Crippen LogP contribution in [-0.2, 0) is 5.54 Å². The van der Waals surface area contributed by atoms with Gasteiger partial charge in [-0.3, -0.25) is 9.69 Å². The third kappa shape index (κ3) is 4.24. The molecule has 9 nitrogen and oxygen atoms in total. The second-order valence-corrected chi connectivity index (χ2v) is 10.3. The molecule has 196 valence electrons. The summed E-state index contributed by atoms with van der Waals surface area (Å²) in [6.45, 7) is 7.66. The van der Waals surface area contributed by atoms with Gasteiger partial charge in [0, 0.05) is 30.1 Å². The average Bonchev–Trinajstić information content (AvgIpc) is 3.59. The van der Waals surface area contributed by atoms with E-state index in [1.807, 2.05) is 16.8 Å². The third-order valence-electron chi connectivity index (χ3n) is 7.66. The Hall–Kier alpha value is -4.05. The smallest absolute Gasteiger partial charge is 0.253 e. The molecule has 0 amide bonds. The molecule has 2 aromatic heterocycles. The van der Waals surface area contributed by atoms with Crippen molar-refractivity contribution in [3.8, 4) is 11.5 Å². The number of nitrogens with zero attached hydrogens (tertiary/aromatic N) is 5. The number of H-pyrrole nitrogens is 1. The van der Waals surface area contributed by atoms with Crippen molar-refractivity contribution in [2.24, 2.45) is 0 Å². The second-order valence-electron chi connectivity index (χ2n) is 10.3. The zero-order valence-electron chi connectivity index (χ0n) is 21.6. The number of benzene rings is 2. The topological polar surface area (TPSA) is 98.2 Å². The minimum absolute atomic E-state index is 0.156. The van der Waals surface area contributed by atoms with Gasteiger partial charge in [-0.2, -0.15) is 0 Å². The predicted molar refractivity (Wildman–Crippen MR) is 141 cm³/mol. The summed E-state index contributed by atoms with van der Waals surface area (Å²) in [6, 6.07) is 11.7. The summed E-state index contributed by atoms with van der Waals surface area (Å²) in [6.07, 6.45) is 3.69.